The maximum Gasteiger partial charge on any atom is 0.410 e. The minimum atomic E-state index is -0.535. The number of carbonyl (C=O) groups is 2. The highest BCUT2D eigenvalue weighted by Crippen LogP contribution is 2.29. The quantitative estimate of drug-likeness (QED) is 0.486. The molecule has 1 amide bonds. The number of rotatable bonds is 4. The Hall–Kier alpha value is -2.46. The first-order chi connectivity index (χ1) is 10.5. The molecule has 0 aromatic heterocycles. The molecule has 1 unspecified atom stereocenters. The molecule has 6 nitrogen and oxygen atoms in total. The zero-order valence-electron chi connectivity index (χ0n) is 12.7. The summed E-state index contributed by atoms with van der Waals surface area (Å²) < 4.78 is 5.24. The van der Waals surface area contributed by atoms with Gasteiger partial charge in [0.25, 0.3) is 0 Å². The van der Waals surface area contributed by atoms with Crippen LogP contribution in [0, 0.1) is 5.92 Å². The standard InChI is InChI=1S/C16H19N3O3/c1-11(2)10-22-16(21)19-8-12-5-3-4-6-13(12)14(9-19)15(20)7-18-17/h3-7,11,14H,8-10H2,1-2H3. The molecule has 0 saturated heterocycles. The number of ether oxygens (including phenoxy) is 1. The third-order valence-corrected chi connectivity index (χ3v) is 3.52. The minimum Gasteiger partial charge on any atom is -0.449 e. The van der Waals surface area contributed by atoms with Gasteiger partial charge in [-0.2, -0.15) is 4.79 Å². The molecule has 0 N–H and O–H groups in total. The molecule has 6 heteroatoms. The van der Waals surface area contributed by atoms with Crippen molar-refractivity contribution in [1.82, 2.24) is 4.90 Å². The van der Waals surface area contributed by atoms with Crippen molar-refractivity contribution < 1.29 is 19.1 Å². The second kappa shape index (κ2) is 7.00. The Labute approximate surface area is 129 Å². The Bertz CT molecular complexity index is 621. The molecule has 1 heterocycles. The van der Waals surface area contributed by atoms with Crippen LogP contribution in [0.15, 0.2) is 24.3 Å². The lowest BCUT2D eigenvalue weighted by molar-refractivity contribution is -0.118. The highest BCUT2D eigenvalue weighted by molar-refractivity contribution is 6.28. The molecule has 0 fully saturated rings. The predicted octanol–water partition coefficient (Wildman–Crippen LogP) is 2.25. The lowest BCUT2D eigenvalue weighted by Gasteiger charge is -2.32. The lowest BCUT2D eigenvalue weighted by atomic mass is 9.87. The van der Waals surface area contributed by atoms with Gasteiger partial charge < -0.3 is 15.2 Å². The number of benzene rings is 1. The van der Waals surface area contributed by atoms with E-state index in [0.29, 0.717) is 13.2 Å². The van der Waals surface area contributed by atoms with Crippen molar-refractivity contribution >= 4 is 18.1 Å². The van der Waals surface area contributed by atoms with Crippen molar-refractivity contribution in [3.05, 3.63) is 40.9 Å². The van der Waals surface area contributed by atoms with E-state index in [4.69, 9.17) is 10.3 Å². The molecule has 0 bridgehead atoms. The van der Waals surface area contributed by atoms with Crippen molar-refractivity contribution in [1.29, 1.82) is 0 Å². The molecule has 22 heavy (non-hydrogen) atoms. The summed E-state index contributed by atoms with van der Waals surface area (Å²) in [6.45, 7) is 4.89. The summed E-state index contributed by atoms with van der Waals surface area (Å²) >= 11 is 0. The highest BCUT2D eigenvalue weighted by Gasteiger charge is 2.33. The molecule has 1 aromatic carbocycles. The van der Waals surface area contributed by atoms with Crippen LogP contribution in [0.3, 0.4) is 0 Å². The van der Waals surface area contributed by atoms with Gasteiger partial charge in [-0.3, -0.25) is 4.79 Å². The van der Waals surface area contributed by atoms with E-state index >= 15 is 0 Å². The number of nitrogens with zero attached hydrogens (tertiary/aromatic N) is 3. The first-order valence-corrected chi connectivity index (χ1v) is 7.23. The smallest absolute Gasteiger partial charge is 0.410 e. The molecular formula is C16H19N3O3. The maximum absolute atomic E-state index is 12.1. The van der Waals surface area contributed by atoms with Gasteiger partial charge >= 0.3 is 12.3 Å². The molecule has 0 aliphatic carbocycles. The highest BCUT2D eigenvalue weighted by atomic mass is 16.6. The van der Waals surface area contributed by atoms with Crippen LogP contribution in [-0.4, -0.2) is 40.9 Å². The Morgan fingerprint density at radius 2 is 2.18 bits per heavy atom. The van der Waals surface area contributed by atoms with Crippen LogP contribution in [0.25, 0.3) is 5.53 Å². The minimum absolute atomic E-state index is 0.221. The van der Waals surface area contributed by atoms with E-state index in [1.807, 2.05) is 38.1 Å². The van der Waals surface area contributed by atoms with Crippen molar-refractivity contribution in [3.8, 4) is 0 Å². The van der Waals surface area contributed by atoms with Gasteiger partial charge in [0.15, 0.2) is 0 Å². The third-order valence-electron chi connectivity index (χ3n) is 3.52. The van der Waals surface area contributed by atoms with Crippen LogP contribution in [0.2, 0.25) is 0 Å². The van der Waals surface area contributed by atoms with E-state index in [1.165, 1.54) is 4.90 Å². The van der Waals surface area contributed by atoms with E-state index in [9.17, 15) is 9.59 Å². The number of ketones is 1. The molecular weight excluding hydrogens is 282 g/mol. The number of amides is 1. The molecule has 116 valence electrons. The SMILES string of the molecule is CC(C)COC(=O)N1Cc2ccccc2C(C(=O)C=[N+]=[N-])C1. The molecule has 1 aliphatic rings. The van der Waals surface area contributed by atoms with E-state index in [0.717, 1.165) is 17.3 Å². The molecule has 0 saturated carbocycles. The van der Waals surface area contributed by atoms with Crippen molar-refractivity contribution in [2.75, 3.05) is 13.2 Å². The molecule has 0 spiro atoms. The van der Waals surface area contributed by atoms with Gasteiger partial charge in [-0.1, -0.05) is 38.1 Å². The van der Waals surface area contributed by atoms with E-state index in [-0.39, 0.29) is 18.2 Å². The van der Waals surface area contributed by atoms with Crippen molar-refractivity contribution in [2.24, 2.45) is 5.92 Å². The molecule has 1 aromatic rings. The second-order valence-corrected chi connectivity index (χ2v) is 5.75. The topological polar surface area (TPSA) is 83.0 Å². The van der Waals surface area contributed by atoms with Gasteiger partial charge in [-0.25, -0.2) is 4.79 Å². The monoisotopic (exact) mass is 301 g/mol. The van der Waals surface area contributed by atoms with Gasteiger partial charge in [0.05, 0.1) is 12.5 Å². The number of hydrogen-bond acceptors (Lipinski definition) is 3. The summed E-state index contributed by atoms with van der Waals surface area (Å²) in [6.07, 6.45) is 0.451. The summed E-state index contributed by atoms with van der Waals surface area (Å²) in [7, 11) is 0. The summed E-state index contributed by atoms with van der Waals surface area (Å²) in [4.78, 5) is 28.6. The van der Waals surface area contributed by atoms with Crippen LogP contribution in [-0.2, 0) is 16.1 Å². The average Bonchev–Trinajstić information content (AvgIpc) is 2.51. The first kappa shape index (κ1) is 15.9. The van der Waals surface area contributed by atoms with Gasteiger partial charge in [0, 0.05) is 13.1 Å². The second-order valence-electron chi connectivity index (χ2n) is 5.75. The van der Waals surface area contributed by atoms with Gasteiger partial charge in [0.2, 0.25) is 5.78 Å². The van der Waals surface area contributed by atoms with E-state index < -0.39 is 12.0 Å². The Morgan fingerprint density at radius 1 is 1.45 bits per heavy atom. The van der Waals surface area contributed by atoms with Gasteiger partial charge in [-0.05, 0) is 17.0 Å². The van der Waals surface area contributed by atoms with Crippen molar-refractivity contribution in [2.45, 2.75) is 26.3 Å². The van der Waals surface area contributed by atoms with Crippen LogP contribution in [0.1, 0.15) is 30.9 Å². The van der Waals surface area contributed by atoms with Crippen LogP contribution in [0.4, 0.5) is 4.79 Å². The first-order valence-electron chi connectivity index (χ1n) is 7.23. The normalized spacial score (nSPS) is 16.7. The third kappa shape index (κ3) is 3.59. The van der Waals surface area contributed by atoms with E-state index in [2.05, 4.69) is 4.79 Å². The van der Waals surface area contributed by atoms with Crippen LogP contribution >= 0.6 is 0 Å². The average molecular weight is 301 g/mol. The van der Waals surface area contributed by atoms with Crippen LogP contribution in [0.5, 0.6) is 0 Å². The fourth-order valence-electron chi connectivity index (χ4n) is 2.47. The summed E-state index contributed by atoms with van der Waals surface area (Å²) in [5.41, 5.74) is 10.3. The van der Waals surface area contributed by atoms with Gasteiger partial charge in [0.1, 0.15) is 0 Å². The summed E-state index contributed by atoms with van der Waals surface area (Å²) in [6, 6.07) is 7.46. The number of hydrogen-bond donors (Lipinski definition) is 0. The molecule has 2 rings (SSSR count). The summed E-state index contributed by atoms with van der Waals surface area (Å²) in [5, 5.41) is 0. The Kier molecular flexibility index (Phi) is 5.07. The summed E-state index contributed by atoms with van der Waals surface area (Å²) in [5.74, 6) is -0.622. The molecule has 1 aliphatic heterocycles. The molecule has 0 radical (unpaired) electrons. The van der Waals surface area contributed by atoms with Crippen LogP contribution < -0.4 is 0 Å². The fourth-order valence-corrected chi connectivity index (χ4v) is 2.47. The number of carbonyl (C=O) groups excluding carboxylic acids is 2. The zero-order chi connectivity index (χ0) is 16.1. The fraction of sp³-hybridized carbons (Fsp3) is 0.438. The predicted molar refractivity (Wildman–Crippen MR) is 80.5 cm³/mol. The maximum atomic E-state index is 12.1. The molecule has 1 atom stereocenters. The Morgan fingerprint density at radius 3 is 2.86 bits per heavy atom. The van der Waals surface area contributed by atoms with Gasteiger partial charge in [-0.15, -0.1) is 0 Å². The largest absolute Gasteiger partial charge is 0.449 e. The number of fused-ring (bicyclic) bond motifs is 1. The zero-order valence-corrected chi connectivity index (χ0v) is 12.7. The van der Waals surface area contributed by atoms with Crippen molar-refractivity contribution in [3.63, 3.8) is 0 Å². The number of Topliss-reactive ketones (excluding diaryl/α,β-unsaturated/α-hetero) is 1. The van der Waals surface area contributed by atoms with E-state index in [1.54, 1.807) is 0 Å². The lowest BCUT2D eigenvalue weighted by Crippen LogP contribution is -2.41. The Balaban J connectivity index is 2.22.